The Balaban J connectivity index is 2.28. The summed E-state index contributed by atoms with van der Waals surface area (Å²) in [5, 5.41) is 0. The normalized spacial score (nSPS) is 10.6. The van der Waals surface area contributed by atoms with Crippen molar-refractivity contribution in [1.29, 1.82) is 0 Å². The number of halogens is 1. The lowest BCUT2D eigenvalue weighted by Gasteiger charge is -2.10. The summed E-state index contributed by atoms with van der Waals surface area (Å²) >= 11 is 3.51. The van der Waals surface area contributed by atoms with E-state index in [-0.39, 0.29) is 0 Å². The van der Waals surface area contributed by atoms with Gasteiger partial charge in [-0.3, -0.25) is 9.97 Å². The molecule has 0 saturated carbocycles. The first-order chi connectivity index (χ1) is 10.2. The molecule has 0 aliphatic heterocycles. The molecule has 0 N–H and O–H groups in total. The fourth-order valence-corrected chi connectivity index (χ4v) is 2.64. The quantitative estimate of drug-likeness (QED) is 0.718. The van der Waals surface area contributed by atoms with Crippen molar-refractivity contribution in [2.24, 2.45) is 0 Å². The maximum absolute atomic E-state index is 5.33. The number of fused-ring (bicyclic) bond motifs is 1. The first kappa shape index (κ1) is 13.8. The number of methoxy groups -OCH3 is 2. The summed E-state index contributed by atoms with van der Waals surface area (Å²) in [7, 11) is 3.27. The number of hydrogen-bond acceptors (Lipinski definition) is 4. The number of aromatic nitrogens is 2. The molecule has 0 saturated heterocycles. The van der Waals surface area contributed by atoms with Crippen LogP contribution in [0.1, 0.15) is 0 Å². The molecule has 0 unspecified atom stereocenters. The van der Waals surface area contributed by atoms with Crippen molar-refractivity contribution in [3.05, 3.63) is 47.2 Å². The van der Waals surface area contributed by atoms with E-state index in [0.29, 0.717) is 0 Å². The van der Waals surface area contributed by atoms with E-state index in [9.17, 15) is 0 Å². The molecule has 2 aromatic carbocycles. The first-order valence-corrected chi connectivity index (χ1v) is 7.15. The number of hydrogen-bond donors (Lipinski definition) is 0. The molecule has 5 heteroatoms. The minimum atomic E-state index is 0.740. The van der Waals surface area contributed by atoms with E-state index in [2.05, 4.69) is 25.9 Å². The van der Waals surface area contributed by atoms with Gasteiger partial charge in [-0.25, -0.2) is 0 Å². The van der Waals surface area contributed by atoms with Gasteiger partial charge in [0.05, 0.1) is 19.7 Å². The van der Waals surface area contributed by atoms with Gasteiger partial charge in [0, 0.05) is 28.5 Å². The zero-order valence-electron chi connectivity index (χ0n) is 11.6. The van der Waals surface area contributed by atoms with Crippen molar-refractivity contribution in [2.45, 2.75) is 0 Å². The van der Waals surface area contributed by atoms with Gasteiger partial charge in [-0.15, -0.1) is 0 Å². The van der Waals surface area contributed by atoms with Crippen molar-refractivity contribution >= 4 is 27.0 Å². The van der Waals surface area contributed by atoms with E-state index in [1.54, 1.807) is 26.6 Å². The molecule has 4 nitrogen and oxygen atoms in total. The van der Waals surface area contributed by atoms with Crippen molar-refractivity contribution in [3.8, 4) is 22.6 Å². The second-order valence-electron chi connectivity index (χ2n) is 4.45. The van der Waals surface area contributed by atoms with Gasteiger partial charge in [-0.05, 0) is 39.7 Å². The Morgan fingerprint density at radius 3 is 2.10 bits per heavy atom. The minimum absolute atomic E-state index is 0.740. The maximum atomic E-state index is 5.33. The smallest absolute Gasteiger partial charge is 0.123 e. The molecule has 0 aliphatic rings. The van der Waals surface area contributed by atoms with Gasteiger partial charge in [-0.2, -0.15) is 0 Å². The highest BCUT2D eigenvalue weighted by atomic mass is 79.9. The lowest BCUT2D eigenvalue weighted by atomic mass is 10.0. The molecule has 1 aromatic heterocycles. The lowest BCUT2D eigenvalue weighted by Crippen LogP contribution is -1.91. The van der Waals surface area contributed by atoms with E-state index in [1.807, 2.05) is 30.3 Å². The third-order valence-corrected chi connectivity index (χ3v) is 3.88. The van der Waals surface area contributed by atoms with Crippen molar-refractivity contribution < 1.29 is 9.47 Å². The van der Waals surface area contributed by atoms with Crippen LogP contribution in [0.4, 0.5) is 0 Å². The van der Waals surface area contributed by atoms with Gasteiger partial charge >= 0.3 is 0 Å². The second kappa shape index (κ2) is 5.69. The van der Waals surface area contributed by atoms with Gasteiger partial charge in [0.1, 0.15) is 17.0 Å². The standard InChI is InChI=1S/C16H13BrN2O2/c1-20-11-7-10(8-12(9-11)21-2)13-3-4-14(17)16-15(13)18-5-6-19-16/h3-9H,1-2H3. The van der Waals surface area contributed by atoms with Crippen molar-refractivity contribution in [2.75, 3.05) is 14.2 Å². The predicted octanol–water partition coefficient (Wildman–Crippen LogP) is 4.08. The second-order valence-corrected chi connectivity index (χ2v) is 5.30. The summed E-state index contributed by atoms with van der Waals surface area (Å²) < 4.78 is 11.6. The van der Waals surface area contributed by atoms with Crippen LogP contribution in [0.25, 0.3) is 22.2 Å². The molecule has 0 amide bonds. The SMILES string of the molecule is COc1cc(OC)cc(-c2ccc(Br)c3nccnc23)c1. The molecule has 0 atom stereocenters. The summed E-state index contributed by atoms with van der Waals surface area (Å²) in [6, 6.07) is 9.74. The minimum Gasteiger partial charge on any atom is -0.497 e. The molecule has 3 aromatic rings. The number of ether oxygens (including phenoxy) is 2. The third kappa shape index (κ3) is 2.56. The first-order valence-electron chi connectivity index (χ1n) is 6.35. The molecule has 1 heterocycles. The molecular formula is C16H13BrN2O2. The summed E-state index contributed by atoms with van der Waals surface area (Å²) in [6.45, 7) is 0. The molecule has 0 radical (unpaired) electrons. The topological polar surface area (TPSA) is 44.2 Å². The molecule has 0 bridgehead atoms. The zero-order valence-corrected chi connectivity index (χ0v) is 13.2. The van der Waals surface area contributed by atoms with Gasteiger partial charge < -0.3 is 9.47 Å². The Bertz CT molecular complexity index is 783. The number of benzene rings is 2. The fourth-order valence-electron chi connectivity index (χ4n) is 2.22. The Kier molecular flexibility index (Phi) is 3.75. The maximum Gasteiger partial charge on any atom is 0.123 e. The van der Waals surface area contributed by atoms with Crippen LogP contribution in [0.15, 0.2) is 47.2 Å². The molecule has 106 valence electrons. The highest BCUT2D eigenvalue weighted by Crippen LogP contribution is 2.34. The van der Waals surface area contributed by atoms with Crippen molar-refractivity contribution in [1.82, 2.24) is 9.97 Å². The van der Waals surface area contributed by atoms with Crippen LogP contribution >= 0.6 is 15.9 Å². The van der Waals surface area contributed by atoms with Crippen LogP contribution < -0.4 is 9.47 Å². The fraction of sp³-hybridized carbons (Fsp3) is 0.125. The molecule has 3 rings (SSSR count). The largest absolute Gasteiger partial charge is 0.497 e. The Labute approximate surface area is 130 Å². The highest BCUT2D eigenvalue weighted by Gasteiger charge is 2.11. The number of nitrogens with zero attached hydrogens (tertiary/aromatic N) is 2. The molecule has 21 heavy (non-hydrogen) atoms. The molecular weight excluding hydrogens is 332 g/mol. The average molecular weight is 345 g/mol. The Morgan fingerprint density at radius 1 is 0.857 bits per heavy atom. The summed E-state index contributed by atoms with van der Waals surface area (Å²) in [4.78, 5) is 8.84. The van der Waals surface area contributed by atoms with Gasteiger partial charge in [0.2, 0.25) is 0 Å². The molecule has 0 spiro atoms. The zero-order chi connectivity index (χ0) is 14.8. The van der Waals surface area contributed by atoms with E-state index >= 15 is 0 Å². The Morgan fingerprint density at radius 2 is 1.48 bits per heavy atom. The average Bonchev–Trinajstić information content (AvgIpc) is 2.55. The highest BCUT2D eigenvalue weighted by molar-refractivity contribution is 9.10. The predicted molar refractivity (Wildman–Crippen MR) is 85.8 cm³/mol. The summed E-state index contributed by atoms with van der Waals surface area (Å²) in [5.74, 6) is 1.48. The van der Waals surface area contributed by atoms with Crippen LogP contribution in [-0.4, -0.2) is 24.2 Å². The number of rotatable bonds is 3. The van der Waals surface area contributed by atoms with E-state index < -0.39 is 0 Å². The molecule has 0 fully saturated rings. The van der Waals surface area contributed by atoms with Crippen LogP contribution in [0.2, 0.25) is 0 Å². The molecule has 0 aliphatic carbocycles. The summed E-state index contributed by atoms with van der Waals surface area (Å²) in [5.41, 5.74) is 3.63. The van der Waals surface area contributed by atoms with Crippen molar-refractivity contribution in [3.63, 3.8) is 0 Å². The summed E-state index contributed by atoms with van der Waals surface area (Å²) in [6.07, 6.45) is 3.37. The van der Waals surface area contributed by atoms with Gasteiger partial charge in [-0.1, -0.05) is 6.07 Å². The van der Waals surface area contributed by atoms with Gasteiger partial charge in [0.15, 0.2) is 0 Å². The van der Waals surface area contributed by atoms with Gasteiger partial charge in [0.25, 0.3) is 0 Å². The Hall–Kier alpha value is -2.14. The third-order valence-electron chi connectivity index (χ3n) is 3.24. The van der Waals surface area contributed by atoms with E-state index in [1.165, 1.54) is 0 Å². The van der Waals surface area contributed by atoms with Crippen LogP contribution in [0, 0.1) is 0 Å². The van der Waals surface area contributed by atoms with E-state index in [0.717, 1.165) is 38.1 Å². The van der Waals surface area contributed by atoms with Crippen LogP contribution in [0.3, 0.4) is 0 Å². The van der Waals surface area contributed by atoms with E-state index in [4.69, 9.17) is 9.47 Å². The van der Waals surface area contributed by atoms with Crippen LogP contribution in [0.5, 0.6) is 11.5 Å². The lowest BCUT2D eigenvalue weighted by molar-refractivity contribution is 0.394. The monoisotopic (exact) mass is 344 g/mol. The van der Waals surface area contributed by atoms with Crippen LogP contribution in [-0.2, 0) is 0 Å².